The maximum Gasteiger partial charge on any atom is 0.335 e. The standard InChI is InChI=1S/C43H52O6/c1-5-7-8-9-32-10-12-36(13-11-32)37-14-16-38(17-15-37)41-19-18-39(27-35(41)6-2)40-25-33(20-22-48-42(46)30(3)28-44)24-34(26-40)21-23-49-43(47)31(4)29-45/h5,7,14-19,24-27,32,36,44-45H,3-4,6,8-13,20-23,28-29H2,1-2H3/b7-5+. The zero-order chi connectivity index (χ0) is 35.2. The van der Waals surface area contributed by atoms with E-state index in [1.54, 1.807) is 0 Å². The number of esters is 2. The molecule has 3 aromatic rings. The minimum absolute atomic E-state index is 0.0147. The topological polar surface area (TPSA) is 93.1 Å². The smallest absolute Gasteiger partial charge is 0.335 e. The fraction of sp³-hybridized carbons (Fsp3) is 0.395. The van der Waals surface area contributed by atoms with Gasteiger partial charge in [0.2, 0.25) is 0 Å². The number of aliphatic hydroxyl groups is 2. The molecule has 0 spiro atoms. The van der Waals surface area contributed by atoms with Gasteiger partial charge in [-0.1, -0.05) is 92.9 Å². The van der Waals surface area contributed by atoms with Crippen molar-refractivity contribution in [1.82, 2.24) is 0 Å². The summed E-state index contributed by atoms with van der Waals surface area (Å²) in [7, 11) is 0. The zero-order valence-corrected chi connectivity index (χ0v) is 29.2. The lowest BCUT2D eigenvalue weighted by Crippen LogP contribution is -2.13. The van der Waals surface area contributed by atoms with E-state index >= 15 is 0 Å². The number of ether oxygens (including phenoxy) is 2. The second-order valence-electron chi connectivity index (χ2n) is 13.0. The minimum Gasteiger partial charge on any atom is -0.462 e. The summed E-state index contributed by atoms with van der Waals surface area (Å²) in [5.41, 5.74) is 9.20. The summed E-state index contributed by atoms with van der Waals surface area (Å²) in [6.45, 7) is 10.7. The Morgan fingerprint density at radius 3 is 1.88 bits per heavy atom. The van der Waals surface area contributed by atoms with Crippen LogP contribution in [0.1, 0.15) is 80.5 Å². The van der Waals surface area contributed by atoms with Gasteiger partial charge in [-0.25, -0.2) is 9.59 Å². The van der Waals surface area contributed by atoms with Crippen molar-refractivity contribution in [3.8, 4) is 22.3 Å². The van der Waals surface area contributed by atoms with Crippen LogP contribution < -0.4 is 0 Å². The number of benzene rings is 3. The maximum atomic E-state index is 12.0. The fourth-order valence-electron chi connectivity index (χ4n) is 6.64. The highest BCUT2D eigenvalue weighted by Crippen LogP contribution is 2.39. The van der Waals surface area contributed by atoms with Crippen molar-refractivity contribution in [1.29, 1.82) is 0 Å². The molecule has 0 radical (unpaired) electrons. The second-order valence-corrected chi connectivity index (χ2v) is 13.0. The maximum absolute atomic E-state index is 12.0. The Hall–Kier alpha value is -4.26. The van der Waals surface area contributed by atoms with Gasteiger partial charge in [-0.15, -0.1) is 0 Å². The van der Waals surface area contributed by atoms with E-state index in [-0.39, 0.29) is 24.4 Å². The van der Waals surface area contributed by atoms with Crippen molar-refractivity contribution in [3.05, 3.63) is 119 Å². The Morgan fingerprint density at radius 1 is 0.776 bits per heavy atom. The molecule has 0 heterocycles. The Balaban J connectivity index is 1.51. The van der Waals surface area contributed by atoms with E-state index in [4.69, 9.17) is 9.47 Å². The van der Waals surface area contributed by atoms with Gasteiger partial charge in [0.25, 0.3) is 0 Å². The summed E-state index contributed by atoms with van der Waals surface area (Å²) >= 11 is 0. The molecule has 260 valence electrons. The number of rotatable bonds is 17. The SMILES string of the molecule is C=C(CO)C(=O)OCCc1cc(CCOC(=O)C(=C)CO)cc(-c2ccc(-c3ccc(C4CCC(CC/C=C/C)CC4)cc3)c(CC)c2)c1. The van der Waals surface area contributed by atoms with E-state index < -0.39 is 25.2 Å². The van der Waals surface area contributed by atoms with Gasteiger partial charge in [-0.3, -0.25) is 0 Å². The molecule has 4 rings (SSSR count). The van der Waals surface area contributed by atoms with Gasteiger partial charge in [0, 0.05) is 12.8 Å². The van der Waals surface area contributed by atoms with Crippen LogP contribution in [0.15, 0.2) is 97.1 Å². The first-order valence-corrected chi connectivity index (χ1v) is 17.6. The van der Waals surface area contributed by atoms with Crippen LogP contribution in [0.2, 0.25) is 0 Å². The molecule has 0 unspecified atom stereocenters. The average Bonchev–Trinajstić information content (AvgIpc) is 3.14. The number of aliphatic hydroxyl groups excluding tert-OH is 2. The van der Waals surface area contributed by atoms with E-state index in [1.807, 2.05) is 6.07 Å². The molecule has 1 aliphatic carbocycles. The highest BCUT2D eigenvalue weighted by atomic mass is 16.5. The normalized spacial score (nSPS) is 16.0. The van der Waals surface area contributed by atoms with Crippen LogP contribution in [0.4, 0.5) is 0 Å². The van der Waals surface area contributed by atoms with Crippen LogP contribution in [-0.2, 0) is 38.3 Å². The highest BCUT2D eigenvalue weighted by molar-refractivity contribution is 5.88. The quantitative estimate of drug-likeness (QED) is 0.0855. The molecule has 49 heavy (non-hydrogen) atoms. The molecule has 3 aromatic carbocycles. The molecule has 6 heteroatoms. The molecular formula is C43H52O6. The lowest BCUT2D eigenvalue weighted by molar-refractivity contribution is -0.140. The van der Waals surface area contributed by atoms with E-state index in [1.165, 1.54) is 60.8 Å². The van der Waals surface area contributed by atoms with Crippen molar-refractivity contribution in [2.24, 2.45) is 5.92 Å². The predicted octanol–water partition coefficient (Wildman–Crippen LogP) is 8.48. The van der Waals surface area contributed by atoms with Crippen LogP contribution in [0.5, 0.6) is 0 Å². The lowest BCUT2D eigenvalue weighted by atomic mass is 9.77. The second kappa shape index (κ2) is 19.1. The first-order valence-electron chi connectivity index (χ1n) is 17.6. The van der Waals surface area contributed by atoms with E-state index in [0.717, 1.165) is 34.6 Å². The van der Waals surface area contributed by atoms with Gasteiger partial charge in [0.15, 0.2) is 0 Å². The van der Waals surface area contributed by atoms with Crippen molar-refractivity contribution in [3.63, 3.8) is 0 Å². The zero-order valence-electron chi connectivity index (χ0n) is 29.2. The number of allylic oxidation sites excluding steroid dienone is 2. The molecule has 6 nitrogen and oxygen atoms in total. The summed E-state index contributed by atoms with van der Waals surface area (Å²) in [4.78, 5) is 24.0. The van der Waals surface area contributed by atoms with E-state index in [9.17, 15) is 19.8 Å². The van der Waals surface area contributed by atoms with Crippen LogP contribution >= 0.6 is 0 Å². The molecule has 0 atom stereocenters. The average molecular weight is 665 g/mol. The number of carbonyl (C=O) groups excluding carboxylic acids is 2. The van der Waals surface area contributed by atoms with Crippen molar-refractivity contribution in [2.45, 2.75) is 77.6 Å². The monoisotopic (exact) mass is 664 g/mol. The van der Waals surface area contributed by atoms with Crippen molar-refractivity contribution >= 4 is 11.9 Å². The third-order valence-electron chi connectivity index (χ3n) is 9.60. The van der Waals surface area contributed by atoms with Gasteiger partial charge in [-0.05, 0) is 108 Å². The Labute approximate surface area is 292 Å². The van der Waals surface area contributed by atoms with Crippen molar-refractivity contribution in [2.75, 3.05) is 26.4 Å². The first kappa shape index (κ1) is 37.6. The summed E-state index contributed by atoms with van der Waals surface area (Å²) in [6.07, 6.45) is 14.0. The molecule has 0 amide bonds. The van der Waals surface area contributed by atoms with Gasteiger partial charge in [-0.2, -0.15) is 0 Å². The van der Waals surface area contributed by atoms with Gasteiger partial charge in [0.1, 0.15) is 0 Å². The third kappa shape index (κ3) is 10.9. The minimum atomic E-state index is -0.617. The van der Waals surface area contributed by atoms with E-state index in [0.29, 0.717) is 18.8 Å². The summed E-state index contributed by atoms with van der Waals surface area (Å²) in [5, 5.41) is 18.3. The largest absolute Gasteiger partial charge is 0.462 e. The molecule has 1 fully saturated rings. The summed E-state index contributed by atoms with van der Waals surface area (Å²) in [5.74, 6) is 0.276. The predicted molar refractivity (Wildman–Crippen MR) is 197 cm³/mol. The van der Waals surface area contributed by atoms with E-state index in [2.05, 4.69) is 93.8 Å². The first-order chi connectivity index (χ1) is 23.8. The molecule has 2 N–H and O–H groups in total. The summed E-state index contributed by atoms with van der Waals surface area (Å²) in [6, 6.07) is 22.0. The molecule has 0 aromatic heterocycles. The molecule has 0 saturated heterocycles. The highest BCUT2D eigenvalue weighted by Gasteiger charge is 2.22. The number of hydrogen-bond acceptors (Lipinski definition) is 6. The fourth-order valence-corrected chi connectivity index (χ4v) is 6.64. The Morgan fingerprint density at radius 2 is 1.35 bits per heavy atom. The van der Waals surface area contributed by atoms with Gasteiger partial charge < -0.3 is 19.7 Å². The van der Waals surface area contributed by atoms with Gasteiger partial charge >= 0.3 is 11.9 Å². The van der Waals surface area contributed by atoms with Crippen LogP contribution in [-0.4, -0.2) is 48.6 Å². The summed E-state index contributed by atoms with van der Waals surface area (Å²) < 4.78 is 10.6. The Kier molecular flexibility index (Phi) is 14.6. The molecular weight excluding hydrogens is 612 g/mol. The lowest BCUT2D eigenvalue weighted by Gasteiger charge is -2.28. The molecule has 0 aliphatic heterocycles. The van der Waals surface area contributed by atoms with Crippen LogP contribution in [0, 0.1) is 5.92 Å². The number of carbonyl (C=O) groups is 2. The molecule has 1 saturated carbocycles. The number of aryl methyl sites for hydroxylation is 1. The van der Waals surface area contributed by atoms with Crippen LogP contribution in [0.3, 0.4) is 0 Å². The Bertz CT molecular complexity index is 1560. The van der Waals surface area contributed by atoms with Crippen LogP contribution in [0.25, 0.3) is 22.3 Å². The third-order valence-corrected chi connectivity index (χ3v) is 9.60. The number of hydrogen-bond donors (Lipinski definition) is 2. The molecule has 1 aliphatic rings. The van der Waals surface area contributed by atoms with Crippen molar-refractivity contribution < 1.29 is 29.3 Å². The van der Waals surface area contributed by atoms with Gasteiger partial charge in [0.05, 0.1) is 37.6 Å². The molecule has 0 bridgehead atoms.